The van der Waals surface area contributed by atoms with Gasteiger partial charge in [-0.25, -0.2) is 0 Å². The van der Waals surface area contributed by atoms with Crippen molar-refractivity contribution in [2.75, 3.05) is 18.0 Å². The lowest BCUT2D eigenvalue weighted by atomic mass is 9.93. The van der Waals surface area contributed by atoms with Gasteiger partial charge in [-0.2, -0.15) is 13.2 Å². The van der Waals surface area contributed by atoms with Crippen LogP contribution in [0.5, 0.6) is 0 Å². The number of rotatable bonds is 9. The Morgan fingerprint density at radius 2 is 1.70 bits per heavy atom. The summed E-state index contributed by atoms with van der Waals surface area (Å²) in [6.07, 6.45) is -0.303. The van der Waals surface area contributed by atoms with Gasteiger partial charge in [-0.1, -0.05) is 48.5 Å². The summed E-state index contributed by atoms with van der Waals surface area (Å²) in [6, 6.07) is 18.2. The van der Waals surface area contributed by atoms with Gasteiger partial charge in [0.25, 0.3) is 0 Å². The van der Waals surface area contributed by atoms with Crippen LogP contribution in [0.1, 0.15) is 73.9 Å². The average Bonchev–Trinajstić information content (AvgIpc) is 3.64. The summed E-state index contributed by atoms with van der Waals surface area (Å²) in [6.45, 7) is 6.55. The van der Waals surface area contributed by atoms with Gasteiger partial charge in [-0.05, 0) is 74.9 Å². The largest absolute Gasteiger partial charge is 0.460 e. The number of halogens is 3. The van der Waals surface area contributed by atoms with E-state index in [4.69, 9.17) is 4.74 Å². The Balaban J connectivity index is 1.41. The molecule has 0 saturated carbocycles. The molecule has 1 aliphatic rings. The molecular formula is C35H38F3N3O3. The van der Waals surface area contributed by atoms with Crippen molar-refractivity contribution in [3.8, 4) is 0 Å². The van der Waals surface area contributed by atoms with Gasteiger partial charge in [0.05, 0.1) is 23.7 Å². The normalized spacial score (nSPS) is 14.5. The zero-order valence-electron chi connectivity index (χ0n) is 25.3. The second kappa shape index (κ2) is 12.8. The Bertz CT molecular complexity index is 1620. The minimum Gasteiger partial charge on any atom is -0.460 e. The number of benzene rings is 3. The number of nitrogens with one attached hydrogen (secondary N) is 2. The average molecular weight is 606 g/mol. The highest BCUT2D eigenvalue weighted by Crippen LogP contribution is 2.43. The molecule has 1 aliphatic heterocycles. The predicted molar refractivity (Wildman–Crippen MR) is 165 cm³/mol. The van der Waals surface area contributed by atoms with E-state index in [0.717, 1.165) is 40.9 Å². The van der Waals surface area contributed by atoms with Crippen molar-refractivity contribution < 1.29 is 27.5 Å². The second-order valence-electron chi connectivity index (χ2n) is 12.3. The Morgan fingerprint density at radius 1 is 0.977 bits per heavy atom. The minimum absolute atomic E-state index is 0.0357. The third-order valence-electron chi connectivity index (χ3n) is 7.76. The molecule has 3 aromatic carbocycles. The summed E-state index contributed by atoms with van der Waals surface area (Å²) in [7, 11) is 0. The van der Waals surface area contributed by atoms with Crippen LogP contribution in [0, 0.1) is 0 Å². The van der Waals surface area contributed by atoms with Crippen molar-refractivity contribution in [3.05, 3.63) is 101 Å². The van der Waals surface area contributed by atoms with Crippen molar-refractivity contribution in [1.29, 1.82) is 0 Å². The smallest absolute Gasteiger partial charge is 0.418 e. The maximum Gasteiger partial charge on any atom is 0.418 e. The van der Waals surface area contributed by atoms with Gasteiger partial charge < -0.3 is 19.9 Å². The third kappa shape index (κ3) is 7.44. The number of alkyl halides is 3. The van der Waals surface area contributed by atoms with Crippen molar-refractivity contribution in [1.82, 2.24) is 10.3 Å². The van der Waals surface area contributed by atoms with Gasteiger partial charge in [0.15, 0.2) is 0 Å². The van der Waals surface area contributed by atoms with Crippen molar-refractivity contribution in [3.63, 3.8) is 0 Å². The number of esters is 1. The van der Waals surface area contributed by atoms with Gasteiger partial charge in [0.1, 0.15) is 5.60 Å². The molecule has 1 amide bonds. The lowest BCUT2D eigenvalue weighted by molar-refractivity contribution is -0.154. The fourth-order valence-electron chi connectivity index (χ4n) is 5.87. The standard InChI is InChI=1S/C35H38F3N3O3/c1-34(2,3)44-31(43)17-15-25-22-39-29-16-14-23(20-27(25)29)21-30(42)40-32(24-10-5-4-6-11-24)26-12-9-13-28(35(36,37)38)33(26)41-18-7-8-19-41/h4-6,9-14,16,20,22,32,39H,7-8,15,17-19,21H2,1-3H3,(H,40,42). The second-order valence-corrected chi connectivity index (χ2v) is 12.3. The number of para-hydroxylation sites is 1. The summed E-state index contributed by atoms with van der Waals surface area (Å²) in [5, 5.41) is 3.97. The zero-order valence-corrected chi connectivity index (χ0v) is 25.3. The van der Waals surface area contributed by atoms with E-state index >= 15 is 0 Å². The van der Waals surface area contributed by atoms with Gasteiger partial charge in [-0.3, -0.25) is 9.59 Å². The molecular weight excluding hydrogens is 567 g/mol. The minimum atomic E-state index is -4.54. The van der Waals surface area contributed by atoms with Gasteiger partial charge in [-0.15, -0.1) is 0 Å². The number of carbonyl (C=O) groups excluding carboxylic acids is 2. The summed E-state index contributed by atoms with van der Waals surface area (Å²) in [5.41, 5.74) is 2.59. The van der Waals surface area contributed by atoms with Gasteiger partial charge in [0, 0.05) is 42.2 Å². The number of H-pyrrole nitrogens is 1. The molecule has 2 heterocycles. The van der Waals surface area contributed by atoms with E-state index in [2.05, 4.69) is 10.3 Å². The van der Waals surface area contributed by atoms with Crippen LogP contribution in [0.3, 0.4) is 0 Å². The van der Waals surface area contributed by atoms with Crippen LogP contribution in [-0.2, 0) is 33.3 Å². The van der Waals surface area contributed by atoms with E-state index < -0.39 is 23.4 Å². The van der Waals surface area contributed by atoms with Gasteiger partial charge >= 0.3 is 12.1 Å². The third-order valence-corrected chi connectivity index (χ3v) is 7.76. The number of nitrogens with zero attached hydrogens (tertiary/aromatic N) is 1. The molecule has 0 spiro atoms. The number of hydrogen-bond acceptors (Lipinski definition) is 4. The van der Waals surface area contributed by atoms with Gasteiger partial charge in [0.2, 0.25) is 5.91 Å². The van der Waals surface area contributed by atoms with Crippen LogP contribution in [0.2, 0.25) is 0 Å². The highest BCUT2D eigenvalue weighted by molar-refractivity contribution is 5.87. The van der Waals surface area contributed by atoms with Crippen molar-refractivity contribution in [2.45, 2.75) is 70.7 Å². The molecule has 1 atom stereocenters. The number of hydrogen-bond donors (Lipinski definition) is 2. The molecule has 1 aromatic heterocycles. The van der Waals surface area contributed by atoms with Crippen LogP contribution < -0.4 is 10.2 Å². The molecule has 44 heavy (non-hydrogen) atoms. The highest BCUT2D eigenvalue weighted by Gasteiger charge is 2.38. The summed E-state index contributed by atoms with van der Waals surface area (Å²) in [4.78, 5) is 30.9. The number of aromatic amines is 1. The van der Waals surface area contributed by atoms with Crippen molar-refractivity contribution >= 4 is 28.5 Å². The molecule has 232 valence electrons. The first-order valence-corrected chi connectivity index (χ1v) is 15.0. The number of aromatic nitrogens is 1. The summed E-state index contributed by atoms with van der Waals surface area (Å²) >= 11 is 0. The molecule has 0 aliphatic carbocycles. The fraction of sp³-hybridized carbons (Fsp3) is 0.371. The Labute approximate surface area is 255 Å². The van der Waals surface area contributed by atoms with E-state index in [1.807, 2.05) is 75.5 Å². The van der Waals surface area contributed by atoms with Crippen LogP contribution in [-0.4, -0.2) is 35.6 Å². The highest BCUT2D eigenvalue weighted by atomic mass is 19.4. The topological polar surface area (TPSA) is 74.4 Å². The molecule has 0 bridgehead atoms. The monoisotopic (exact) mass is 605 g/mol. The first kappa shape index (κ1) is 31.2. The Morgan fingerprint density at radius 3 is 2.39 bits per heavy atom. The number of ether oxygens (including phenoxy) is 1. The van der Waals surface area contributed by atoms with Crippen LogP contribution in [0.25, 0.3) is 10.9 Å². The van der Waals surface area contributed by atoms with Crippen molar-refractivity contribution in [2.24, 2.45) is 0 Å². The molecule has 5 rings (SSSR count). The first-order chi connectivity index (χ1) is 20.9. The molecule has 1 unspecified atom stereocenters. The van der Waals surface area contributed by atoms with E-state index in [9.17, 15) is 22.8 Å². The molecule has 2 N–H and O–H groups in total. The van der Waals surface area contributed by atoms with E-state index in [-0.39, 0.29) is 30.4 Å². The predicted octanol–water partition coefficient (Wildman–Crippen LogP) is 7.51. The van der Waals surface area contributed by atoms with E-state index in [1.165, 1.54) is 6.07 Å². The quantitative estimate of drug-likeness (QED) is 0.194. The lowest BCUT2D eigenvalue weighted by Gasteiger charge is -2.30. The fourth-order valence-corrected chi connectivity index (χ4v) is 5.87. The number of fused-ring (bicyclic) bond motifs is 1. The first-order valence-electron chi connectivity index (χ1n) is 15.0. The molecule has 9 heteroatoms. The van der Waals surface area contributed by atoms with Crippen LogP contribution in [0.4, 0.5) is 18.9 Å². The molecule has 1 saturated heterocycles. The Hall–Kier alpha value is -4.27. The number of aryl methyl sites for hydroxylation is 1. The molecule has 4 aromatic rings. The number of anilines is 1. The SMILES string of the molecule is CC(C)(C)OC(=O)CCc1c[nH]c2ccc(CC(=O)NC(c3ccccc3)c3cccc(C(F)(F)F)c3N3CCCC3)cc12. The van der Waals surface area contributed by atoms with E-state index in [0.29, 0.717) is 30.6 Å². The molecule has 6 nitrogen and oxygen atoms in total. The lowest BCUT2D eigenvalue weighted by Crippen LogP contribution is -2.33. The van der Waals surface area contributed by atoms with E-state index in [1.54, 1.807) is 11.0 Å². The summed E-state index contributed by atoms with van der Waals surface area (Å²) in [5.74, 6) is -0.592. The van der Waals surface area contributed by atoms with Crippen LogP contribution in [0.15, 0.2) is 72.9 Å². The maximum absolute atomic E-state index is 14.3. The molecule has 0 radical (unpaired) electrons. The number of carbonyl (C=O) groups is 2. The summed E-state index contributed by atoms with van der Waals surface area (Å²) < 4.78 is 48.2. The van der Waals surface area contributed by atoms with Crippen LogP contribution >= 0.6 is 0 Å². The maximum atomic E-state index is 14.3. The molecule has 1 fully saturated rings. The number of amides is 1. The Kier molecular flexibility index (Phi) is 9.04. The zero-order chi connectivity index (χ0) is 31.5.